The monoisotopic (exact) mass is 403 g/mol. The Hall–Kier alpha value is -1.81. The van der Waals surface area contributed by atoms with Crippen LogP contribution in [0.25, 0.3) is 0 Å². The molecular weight excluding hydrogens is 378 g/mol. The number of anilines is 1. The predicted molar refractivity (Wildman–Crippen MR) is 107 cm³/mol. The number of carbonyl (C=O) groups is 1. The summed E-state index contributed by atoms with van der Waals surface area (Å²) >= 11 is 3.53. The van der Waals surface area contributed by atoms with Crippen LogP contribution in [0.3, 0.4) is 0 Å². The highest BCUT2D eigenvalue weighted by atomic mass is 79.9. The van der Waals surface area contributed by atoms with Crippen LogP contribution in [0, 0.1) is 5.41 Å². The molecule has 0 unspecified atom stereocenters. The lowest BCUT2D eigenvalue weighted by Gasteiger charge is -2.36. The maximum atomic E-state index is 13.3. The van der Waals surface area contributed by atoms with E-state index in [1.165, 1.54) is 0 Å². The Kier molecular flexibility index (Phi) is 5.94. The first-order valence-corrected chi connectivity index (χ1v) is 9.15. The fraction of sp³-hybridized carbons (Fsp3) is 0.381. The van der Waals surface area contributed by atoms with Crippen molar-refractivity contribution in [1.82, 2.24) is 0 Å². The van der Waals surface area contributed by atoms with Gasteiger partial charge < -0.3 is 10.1 Å². The molecule has 0 bridgehead atoms. The van der Waals surface area contributed by atoms with E-state index >= 15 is 0 Å². The van der Waals surface area contributed by atoms with E-state index in [2.05, 4.69) is 42.0 Å². The number of halogens is 1. The Labute approximate surface area is 158 Å². The van der Waals surface area contributed by atoms with Gasteiger partial charge in [0.1, 0.15) is 5.75 Å². The molecule has 0 aliphatic carbocycles. The molecule has 0 heterocycles. The number of amides is 1. The number of benzene rings is 2. The standard InChI is InChI=1S/C21H26BrNO2/c1-20(2,3)14-21(4,17-13-15(22)11-12-18(17)25-5)19(24)23-16-9-7-6-8-10-16/h6-13H,14H2,1-5H3,(H,23,24)/t21-/m1/s1. The Bertz CT molecular complexity index is 737. The topological polar surface area (TPSA) is 38.3 Å². The van der Waals surface area contributed by atoms with Gasteiger partial charge in [-0.25, -0.2) is 0 Å². The number of hydrogen-bond donors (Lipinski definition) is 1. The Morgan fingerprint density at radius 2 is 1.72 bits per heavy atom. The minimum absolute atomic E-state index is 0.0316. The average Bonchev–Trinajstić information content (AvgIpc) is 2.54. The van der Waals surface area contributed by atoms with Gasteiger partial charge in [0.25, 0.3) is 0 Å². The van der Waals surface area contributed by atoms with Gasteiger partial charge in [-0.1, -0.05) is 54.9 Å². The summed E-state index contributed by atoms with van der Waals surface area (Å²) in [6.07, 6.45) is 0.686. The predicted octanol–water partition coefficient (Wildman–Crippen LogP) is 5.79. The summed E-state index contributed by atoms with van der Waals surface area (Å²) in [6, 6.07) is 15.4. The zero-order chi connectivity index (χ0) is 18.7. The second kappa shape index (κ2) is 7.61. The van der Waals surface area contributed by atoms with E-state index in [4.69, 9.17) is 4.74 Å². The minimum Gasteiger partial charge on any atom is -0.496 e. The van der Waals surface area contributed by atoms with E-state index in [0.29, 0.717) is 6.42 Å². The summed E-state index contributed by atoms with van der Waals surface area (Å²) in [5, 5.41) is 3.06. The van der Waals surface area contributed by atoms with E-state index in [0.717, 1.165) is 21.5 Å². The van der Waals surface area contributed by atoms with Crippen molar-refractivity contribution in [3.05, 3.63) is 58.6 Å². The van der Waals surface area contributed by atoms with Crippen molar-refractivity contribution >= 4 is 27.5 Å². The molecular formula is C21H26BrNO2. The molecule has 2 rings (SSSR count). The van der Waals surface area contributed by atoms with Gasteiger partial charge in [0, 0.05) is 15.7 Å². The zero-order valence-electron chi connectivity index (χ0n) is 15.5. The van der Waals surface area contributed by atoms with Gasteiger partial charge in [-0.15, -0.1) is 0 Å². The minimum atomic E-state index is -0.733. The van der Waals surface area contributed by atoms with E-state index < -0.39 is 5.41 Å². The van der Waals surface area contributed by atoms with Crippen molar-refractivity contribution in [3.8, 4) is 5.75 Å². The van der Waals surface area contributed by atoms with Crippen molar-refractivity contribution < 1.29 is 9.53 Å². The average molecular weight is 404 g/mol. The lowest BCUT2D eigenvalue weighted by atomic mass is 9.70. The zero-order valence-corrected chi connectivity index (χ0v) is 17.1. The van der Waals surface area contributed by atoms with Crippen LogP contribution in [0.15, 0.2) is 53.0 Å². The molecule has 0 radical (unpaired) electrons. The lowest BCUT2D eigenvalue weighted by molar-refractivity contribution is -0.122. The second-order valence-electron chi connectivity index (χ2n) is 7.73. The first kappa shape index (κ1) is 19.5. The molecule has 0 spiro atoms. The summed E-state index contributed by atoms with van der Waals surface area (Å²) in [4.78, 5) is 13.3. The fourth-order valence-electron chi connectivity index (χ4n) is 3.26. The summed E-state index contributed by atoms with van der Waals surface area (Å²) in [5.74, 6) is 0.684. The van der Waals surface area contributed by atoms with Crippen LogP contribution in [0.4, 0.5) is 5.69 Å². The molecule has 0 aliphatic rings. The first-order valence-electron chi connectivity index (χ1n) is 8.36. The molecule has 1 N–H and O–H groups in total. The Morgan fingerprint density at radius 3 is 2.28 bits per heavy atom. The third-order valence-electron chi connectivity index (χ3n) is 4.17. The number of methoxy groups -OCH3 is 1. The third-order valence-corrected chi connectivity index (χ3v) is 4.67. The molecule has 1 amide bonds. The molecule has 0 saturated carbocycles. The van der Waals surface area contributed by atoms with Gasteiger partial charge >= 0.3 is 0 Å². The van der Waals surface area contributed by atoms with E-state index in [1.807, 2.05) is 55.5 Å². The van der Waals surface area contributed by atoms with Gasteiger partial charge in [-0.2, -0.15) is 0 Å². The van der Waals surface area contributed by atoms with E-state index in [-0.39, 0.29) is 11.3 Å². The number of ether oxygens (including phenoxy) is 1. The largest absolute Gasteiger partial charge is 0.496 e. The highest BCUT2D eigenvalue weighted by molar-refractivity contribution is 9.10. The molecule has 2 aromatic carbocycles. The SMILES string of the molecule is COc1ccc(Br)cc1[C@@](C)(CC(C)(C)C)C(=O)Nc1ccccc1. The fourth-order valence-corrected chi connectivity index (χ4v) is 3.62. The Morgan fingerprint density at radius 1 is 1.08 bits per heavy atom. The summed E-state index contributed by atoms with van der Waals surface area (Å²) < 4.78 is 6.49. The number of para-hydroxylation sites is 1. The van der Waals surface area contributed by atoms with Crippen LogP contribution in [-0.4, -0.2) is 13.0 Å². The van der Waals surface area contributed by atoms with Crippen molar-refractivity contribution in [1.29, 1.82) is 0 Å². The van der Waals surface area contributed by atoms with Crippen molar-refractivity contribution in [2.24, 2.45) is 5.41 Å². The number of carbonyl (C=O) groups excluding carboxylic acids is 1. The highest BCUT2D eigenvalue weighted by Gasteiger charge is 2.41. The van der Waals surface area contributed by atoms with Gasteiger partial charge in [-0.05, 0) is 49.1 Å². The molecule has 0 aromatic heterocycles. The molecule has 134 valence electrons. The Balaban J connectivity index is 2.51. The molecule has 25 heavy (non-hydrogen) atoms. The summed E-state index contributed by atoms with van der Waals surface area (Å²) in [7, 11) is 1.64. The van der Waals surface area contributed by atoms with Gasteiger partial charge in [0.2, 0.25) is 5.91 Å². The third kappa shape index (κ3) is 4.85. The highest BCUT2D eigenvalue weighted by Crippen LogP contribution is 2.42. The molecule has 0 aliphatic heterocycles. The lowest BCUT2D eigenvalue weighted by Crippen LogP contribution is -2.41. The van der Waals surface area contributed by atoms with Gasteiger partial charge in [-0.3, -0.25) is 4.79 Å². The van der Waals surface area contributed by atoms with Crippen LogP contribution in [-0.2, 0) is 10.2 Å². The van der Waals surface area contributed by atoms with Gasteiger partial charge in [0.05, 0.1) is 12.5 Å². The number of hydrogen-bond acceptors (Lipinski definition) is 2. The molecule has 3 nitrogen and oxygen atoms in total. The second-order valence-corrected chi connectivity index (χ2v) is 8.65. The molecule has 0 saturated heterocycles. The molecule has 2 aromatic rings. The summed E-state index contributed by atoms with van der Waals surface area (Å²) in [6.45, 7) is 8.42. The van der Waals surface area contributed by atoms with Crippen molar-refractivity contribution in [3.63, 3.8) is 0 Å². The maximum Gasteiger partial charge on any atom is 0.234 e. The van der Waals surface area contributed by atoms with Crippen LogP contribution in [0.5, 0.6) is 5.75 Å². The quantitative estimate of drug-likeness (QED) is 0.685. The number of rotatable bonds is 5. The van der Waals surface area contributed by atoms with Crippen LogP contribution >= 0.6 is 15.9 Å². The van der Waals surface area contributed by atoms with Crippen LogP contribution in [0.2, 0.25) is 0 Å². The van der Waals surface area contributed by atoms with E-state index in [1.54, 1.807) is 7.11 Å². The molecule has 4 heteroatoms. The van der Waals surface area contributed by atoms with Crippen LogP contribution < -0.4 is 10.1 Å². The van der Waals surface area contributed by atoms with Crippen LogP contribution in [0.1, 0.15) is 39.7 Å². The number of nitrogens with one attached hydrogen (secondary N) is 1. The van der Waals surface area contributed by atoms with Crippen molar-refractivity contribution in [2.75, 3.05) is 12.4 Å². The van der Waals surface area contributed by atoms with Crippen molar-refractivity contribution in [2.45, 2.75) is 39.5 Å². The summed E-state index contributed by atoms with van der Waals surface area (Å²) in [5.41, 5.74) is 0.911. The first-order chi connectivity index (χ1) is 11.7. The normalized spacial score (nSPS) is 13.8. The maximum absolute atomic E-state index is 13.3. The van der Waals surface area contributed by atoms with E-state index in [9.17, 15) is 4.79 Å². The molecule has 1 atom stereocenters. The smallest absolute Gasteiger partial charge is 0.234 e. The van der Waals surface area contributed by atoms with Gasteiger partial charge in [0.15, 0.2) is 0 Å². The molecule has 0 fully saturated rings.